The summed E-state index contributed by atoms with van der Waals surface area (Å²) in [6, 6.07) is 0.597. The van der Waals surface area contributed by atoms with Gasteiger partial charge in [-0.25, -0.2) is 4.98 Å². The molecule has 0 aromatic carbocycles. The fraction of sp³-hybridized carbons (Fsp3) is 0.692. The summed E-state index contributed by atoms with van der Waals surface area (Å²) in [6.45, 7) is 0.459. The van der Waals surface area contributed by atoms with Crippen LogP contribution in [0.5, 0.6) is 0 Å². The Labute approximate surface area is 103 Å². The largest absolute Gasteiger partial charge is 0.355 e. The Morgan fingerprint density at radius 2 is 1.82 bits per heavy atom. The average Bonchev–Trinajstić information content (AvgIpc) is 2.66. The molecule has 1 aromatic heterocycles. The van der Waals surface area contributed by atoms with Crippen molar-refractivity contribution in [2.75, 3.05) is 11.9 Å². The summed E-state index contributed by atoms with van der Waals surface area (Å²) in [4.78, 5) is 11.0. The first kappa shape index (κ1) is 12.3. The van der Waals surface area contributed by atoms with E-state index in [-0.39, 0.29) is 0 Å². The molecule has 0 amide bonds. The van der Waals surface area contributed by atoms with Gasteiger partial charge in [-0.3, -0.25) is 4.98 Å². The number of anilines is 1. The maximum atomic E-state index is 5.72. The molecule has 0 spiro atoms. The van der Waals surface area contributed by atoms with Crippen LogP contribution in [0.4, 0.5) is 5.82 Å². The van der Waals surface area contributed by atoms with Crippen LogP contribution in [0.3, 0.4) is 0 Å². The first-order chi connectivity index (χ1) is 8.33. The van der Waals surface area contributed by atoms with Gasteiger partial charge < -0.3 is 10.6 Å². The summed E-state index contributed by atoms with van der Waals surface area (Å²) in [5, 5.41) is 0. The van der Waals surface area contributed by atoms with Gasteiger partial charge in [-0.1, -0.05) is 25.7 Å². The predicted molar refractivity (Wildman–Crippen MR) is 69.8 cm³/mol. The SMILES string of the molecule is CN(c1nccnc1CN)C1CCCCCC1. The number of rotatable bonds is 3. The molecule has 94 valence electrons. The lowest BCUT2D eigenvalue weighted by atomic mass is 10.1. The van der Waals surface area contributed by atoms with Crippen LogP contribution in [0.15, 0.2) is 12.4 Å². The van der Waals surface area contributed by atoms with E-state index in [9.17, 15) is 0 Å². The summed E-state index contributed by atoms with van der Waals surface area (Å²) in [5.41, 5.74) is 6.62. The van der Waals surface area contributed by atoms with Crippen molar-refractivity contribution in [2.24, 2.45) is 5.73 Å². The highest BCUT2D eigenvalue weighted by molar-refractivity contribution is 5.43. The molecule has 0 radical (unpaired) electrons. The van der Waals surface area contributed by atoms with Crippen LogP contribution in [0, 0.1) is 0 Å². The van der Waals surface area contributed by atoms with Crippen molar-refractivity contribution in [2.45, 2.75) is 51.1 Å². The van der Waals surface area contributed by atoms with E-state index < -0.39 is 0 Å². The van der Waals surface area contributed by atoms with Gasteiger partial charge in [0.15, 0.2) is 5.82 Å². The van der Waals surface area contributed by atoms with Gasteiger partial charge in [-0.15, -0.1) is 0 Å². The van der Waals surface area contributed by atoms with Crippen LogP contribution in [0.1, 0.15) is 44.2 Å². The Morgan fingerprint density at radius 3 is 2.47 bits per heavy atom. The molecule has 0 saturated heterocycles. The molecule has 0 unspecified atom stereocenters. The smallest absolute Gasteiger partial charge is 0.151 e. The lowest BCUT2D eigenvalue weighted by molar-refractivity contribution is 0.546. The predicted octanol–water partition coefficient (Wildman–Crippen LogP) is 2.09. The zero-order valence-electron chi connectivity index (χ0n) is 10.6. The third-order valence-electron chi connectivity index (χ3n) is 3.65. The van der Waals surface area contributed by atoms with Crippen LogP contribution in [-0.2, 0) is 6.54 Å². The highest BCUT2D eigenvalue weighted by atomic mass is 15.2. The Morgan fingerprint density at radius 1 is 1.18 bits per heavy atom. The maximum Gasteiger partial charge on any atom is 0.151 e. The molecule has 1 aliphatic carbocycles. The Bertz CT molecular complexity index is 345. The molecule has 2 rings (SSSR count). The summed E-state index contributed by atoms with van der Waals surface area (Å²) < 4.78 is 0. The van der Waals surface area contributed by atoms with Crippen LogP contribution in [-0.4, -0.2) is 23.1 Å². The number of hydrogen-bond acceptors (Lipinski definition) is 4. The van der Waals surface area contributed by atoms with E-state index in [1.54, 1.807) is 12.4 Å². The monoisotopic (exact) mass is 234 g/mol. The molecule has 1 aliphatic rings. The number of hydrogen-bond donors (Lipinski definition) is 1. The minimum absolute atomic E-state index is 0.459. The quantitative estimate of drug-likeness (QED) is 0.814. The maximum absolute atomic E-state index is 5.72. The van der Waals surface area contributed by atoms with Gasteiger partial charge in [-0.05, 0) is 12.8 Å². The van der Waals surface area contributed by atoms with Crippen molar-refractivity contribution in [1.82, 2.24) is 9.97 Å². The van der Waals surface area contributed by atoms with Crippen molar-refractivity contribution in [3.8, 4) is 0 Å². The fourth-order valence-electron chi connectivity index (χ4n) is 2.62. The molecule has 1 fully saturated rings. The highest BCUT2D eigenvalue weighted by Gasteiger charge is 2.20. The Hall–Kier alpha value is -1.16. The highest BCUT2D eigenvalue weighted by Crippen LogP contribution is 2.25. The van der Waals surface area contributed by atoms with E-state index in [0.29, 0.717) is 12.6 Å². The van der Waals surface area contributed by atoms with Gasteiger partial charge in [-0.2, -0.15) is 0 Å². The van der Waals surface area contributed by atoms with Gasteiger partial charge in [0.05, 0.1) is 5.69 Å². The van der Waals surface area contributed by atoms with Gasteiger partial charge in [0.2, 0.25) is 0 Å². The van der Waals surface area contributed by atoms with Crippen molar-refractivity contribution in [3.05, 3.63) is 18.1 Å². The summed E-state index contributed by atoms with van der Waals surface area (Å²) in [6.07, 6.45) is 11.4. The van der Waals surface area contributed by atoms with E-state index in [1.165, 1.54) is 38.5 Å². The van der Waals surface area contributed by atoms with Crippen LogP contribution in [0.25, 0.3) is 0 Å². The molecular weight excluding hydrogens is 212 g/mol. The third-order valence-corrected chi connectivity index (χ3v) is 3.65. The molecule has 0 atom stereocenters. The Balaban J connectivity index is 2.14. The second-order valence-corrected chi connectivity index (χ2v) is 4.79. The van der Waals surface area contributed by atoms with Crippen LogP contribution < -0.4 is 10.6 Å². The van der Waals surface area contributed by atoms with Gasteiger partial charge in [0, 0.05) is 32.0 Å². The molecule has 17 heavy (non-hydrogen) atoms. The average molecular weight is 234 g/mol. The first-order valence-electron chi connectivity index (χ1n) is 6.55. The van der Waals surface area contributed by atoms with Crippen LogP contribution >= 0.6 is 0 Å². The minimum atomic E-state index is 0.459. The van der Waals surface area contributed by atoms with Crippen molar-refractivity contribution in [1.29, 1.82) is 0 Å². The van der Waals surface area contributed by atoms with Gasteiger partial charge in [0.25, 0.3) is 0 Å². The number of aromatic nitrogens is 2. The zero-order valence-corrected chi connectivity index (χ0v) is 10.6. The van der Waals surface area contributed by atoms with Crippen molar-refractivity contribution in [3.63, 3.8) is 0 Å². The third kappa shape index (κ3) is 2.94. The molecule has 4 heteroatoms. The van der Waals surface area contributed by atoms with E-state index in [0.717, 1.165) is 11.5 Å². The van der Waals surface area contributed by atoms with E-state index in [4.69, 9.17) is 5.73 Å². The first-order valence-corrected chi connectivity index (χ1v) is 6.55. The van der Waals surface area contributed by atoms with Gasteiger partial charge in [0.1, 0.15) is 0 Å². The van der Waals surface area contributed by atoms with E-state index in [2.05, 4.69) is 21.9 Å². The molecule has 0 bridgehead atoms. The van der Waals surface area contributed by atoms with E-state index in [1.807, 2.05) is 0 Å². The molecular formula is C13H22N4. The molecule has 0 aliphatic heterocycles. The minimum Gasteiger partial charge on any atom is -0.355 e. The van der Waals surface area contributed by atoms with Crippen molar-refractivity contribution >= 4 is 5.82 Å². The molecule has 2 N–H and O–H groups in total. The standard InChI is InChI=1S/C13H22N4/c1-17(11-6-4-2-3-5-7-11)13-12(10-14)15-8-9-16-13/h8-9,11H,2-7,10,14H2,1H3. The number of nitrogens with zero attached hydrogens (tertiary/aromatic N) is 3. The molecule has 1 heterocycles. The molecule has 4 nitrogen and oxygen atoms in total. The Kier molecular flexibility index (Phi) is 4.31. The van der Waals surface area contributed by atoms with E-state index >= 15 is 0 Å². The second kappa shape index (κ2) is 5.96. The van der Waals surface area contributed by atoms with Crippen LogP contribution in [0.2, 0.25) is 0 Å². The topological polar surface area (TPSA) is 55.0 Å². The molecule has 1 aromatic rings. The summed E-state index contributed by atoms with van der Waals surface area (Å²) in [7, 11) is 2.12. The summed E-state index contributed by atoms with van der Waals surface area (Å²) in [5.74, 6) is 0.960. The summed E-state index contributed by atoms with van der Waals surface area (Å²) >= 11 is 0. The van der Waals surface area contributed by atoms with Gasteiger partial charge >= 0.3 is 0 Å². The zero-order chi connectivity index (χ0) is 12.1. The lowest BCUT2D eigenvalue weighted by Crippen LogP contribution is -2.33. The molecule has 1 saturated carbocycles. The number of nitrogens with two attached hydrogens (primary N) is 1. The van der Waals surface area contributed by atoms with Crippen molar-refractivity contribution < 1.29 is 0 Å². The fourth-order valence-corrected chi connectivity index (χ4v) is 2.62. The lowest BCUT2D eigenvalue weighted by Gasteiger charge is -2.29. The normalized spacial score (nSPS) is 17.8. The second-order valence-electron chi connectivity index (χ2n) is 4.79.